The Labute approximate surface area is 255 Å². The Kier molecular flexibility index (Phi) is 14.9. The van der Waals surface area contributed by atoms with E-state index in [-0.39, 0.29) is 36.3 Å². The highest BCUT2D eigenvalue weighted by atomic mass is 32.2. The van der Waals surface area contributed by atoms with E-state index < -0.39 is 18.1 Å². The number of allylic oxidation sites excluding steroid dienone is 1. The molecule has 1 aromatic heterocycles. The average molecular weight is 623 g/mol. The second kappa shape index (κ2) is 18.4. The van der Waals surface area contributed by atoms with Gasteiger partial charge in [-0.3, -0.25) is 19.4 Å². The monoisotopic (exact) mass is 622 g/mol. The summed E-state index contributed by atoms with van der Waals surface area (Å²) in [5, 5.41) is 6.46. The summed E-state index contributed by atoms with van der Waals surface area (Å²) in [6.07, 6.45) is 11.2. The summed E-state index contributed by atoms with van der Waals surface area (Å²) in [7, 11) is 1.69. The van der Waals surface area contributed by atoms with Crippen LogP contribution in [0.1, 0.15) is 88.3 Å². The van der Waals surface area contributed by atoms with Crippen LogP contribution >= 0.6 is 34.9 Å². The number of esters is 1. The lowest BCUT2D eigenvalue weighted by atomic mass is 10.1. The highest BCUT2D eigenvalue weighted by Crippen LogP contribution is 2.23. The summed E-state index contributed by atoms with van der Waals surface area (Å²) in [6, 6.07) is -0.646. The molecule has 41 heavy (non-hydrogen) atoms. The Morgan fingerprint density at radius 3 is 2.90 bits per heavy atom. The maximum Gasteiger partial charge on any atom is 0.329 e. The normalized spacial score (nSPS) is 22.0. The van der Waals surface area contributed by atoms with Crippen LogP contribution in [0.15, 0.2) is 22.5 Å². The number of cyclic esters (lactones) is 1. The van der Waals surface area contributed by atoms with Gasteiger partial charge >= 0.3 is 5.97 Å². The maximum absolute atomic E-state index is 13.2. The van der Waals surface area contributed by atoms with E-state index in [2.05, 4.69) is 22.2 Å². The number of hydrogen-bond acceptors (Lipinski definition) is 10. The van der Waals surface area contributed by atoms with Crippen molar-refractivity contribution in [2.45, 2.75) is 96.2 Å². The summed E-state index contributed by atoms with van der Waals surface area (Å²) >= 11 is 4.22. The molecule has 0 aromatic carbocycles. The zero-order chi connectivity index (χ0) is 29.5. The lowest BCUT2D eigenvalue weighted by Gasteiger charge is -2.25. The average Bonchev–Trinajstić information content (AvgIpc) is 3.64. The number of fused-ring (bicyclic) bond motifs is 3. The number of thioether (sulfide) groups is 2. The third kappa shape index (κ3) is 11.5. The Bertz CT molecular complexity index is 1090. The van der Waals surface area contributed by atoms with Gasteiger partial charge in [0.25, 0.3) is 0 Å². The van der Waals surface area contributed by atoms with Gasteiger partial charge in [-0.1, -0.05) is 50.4 Å². The fourth-order valence-electron chi connectivity index (χ4n) is 4.67. The smallest absolute Gasteiger partial charge is 0.329 e. The highest BCUT2D eigenvalue weighted by Gasteiger charge is 2.36. The van der Waals surface area contributed by atoms with Crippen LogP contribution in [0.2, 0.25) is 0 Å². The first-order valence-corrected chi connectivity index (χ1v) is 17.4. The molecule has 3 heterocycles. The molecule has 0 radical (unpaired) electrons. The molecule has 1 N–H and O–H groups in total. The largest absolute Gasteiger partial charge is 0.456 e. The van der Waals surface area contributed by atoms with Crippen molar-refractivity contribution >= 4 is 62.8 Å². The molecule has 3 rings (SSSR count). The molecule has 2 atom stereocenters. The van der Waals surface area contributed by atoms with Gasteiger partial charge in [-0.15, -0.1) is 23.1 Å². The van der Waals surface area contributed by atoms with Gasteiger partial charge in [-0.25, -0.2) is 9.78 Å². The first-order chi connectivity index (χ1) is 19.9. The fraction of sp³-hybridized carbons (Fsp3) is 0.655. The van der Waals surface area contributed by atoms with E-state index in [0.29, 0.717) is 37.3 Å². The Hall–Kier alpha value is -2.18. The predicted molar refractivity (Wildman–Crippen MR) is 167 cm³/mol. The highest BCUT2D eigenvalue weighted by molar-refractivity contribution is 8.14. The lowest BCUT2D eigenvalue weighted by Crippen LogP contribution is -2.43. The van der Waals surface area contributed by atoms with Crippen molar-refractivity contribution in [3.05, 3.63) is 28.2 Å². The van der Waals surface area contributed by atoms with Crippen molar-refractivity contribution in [1.29, 1.82) is 0 Å². The van der Waals surface area contributed by atoms with Crippen LogP contribution in [0.4, 0.5) is 0 Å². The van der Waals surface area contributed by atoms with Crippen LogP contribution in [0.25, 0.3) is 0 Å². The van der Waals surface area contributed by atoms with E-state index in [1.165, 1.54) is 54.1 Å². The summed E-state index contributed by atoms with van der Waals surface area (Å²) in [5.74, 6) is 0.322. The van der Waals surface area contributed by atoms with Gasteiger partial charge < -0.3 is 15.0 Å². The van der Waals surface area contributed by atoms with E-state index in [0.717, 1.165) is 35.0 Å². The number of aliphatic imine (C=N–C) groups is 1. The van der Waals surface area contributed by atoms with Crippen molar-refractivity contribution in [2.75, 3.05) is 25.1 Å². The molecule has 1 fully saturated rings. The van der Waals surface area contributed by atoms with Gasteiger partial charge in [0.15, 0.2) is 5.12 Å². The standard InChI is InChI=1S/C29H42N4O5S3/c1-3-4-5-6-7-13-27(36)39-16-9-8-11-21-18-24(34)31-19-25-32-22(20-41-25)28(30-2)40-17-14-26(35)33-15-10-12-23(33)29(37)38-21/h8,11,20-21,23H,3-7,9-10,12-19H2,1-2H3,(H,31,34)/b11-8+,30-28-/t21?,23-/m0/s1. The first kappa shape index (κ1) is 33.3. The molecule has 1 saturated heterocycles. The van der Waals surface area contributed by atoms with Crippen LogP contribution in [0.5, 0.6) is 0 Å². The zero-order valence-electron chi connectivity index (χ0n) is 24.1. The zero-order valence-corrected chi connectivity index (χ0v) is 26.6. The number of amides is 2. The number of carbonyl (C=O) groups is 4. The molecule has 2 bridgehead atoms. The summed E-state index contributed by atoms with van der Waals surface area (Å²) in [5.41, 5.74) is 0.731. The maximum atomic E-state index is 13.2. The molecular formula is C29H42N4O5S3. The van der Waals surface area contributed by atoms with Gasteiger partial charge in [0.1, 0.15) is 27.9 Å². The minimum atomic E-state index is -0.767. The molecule has 12 heteroatoms. The van der Waals surface area contributed by atoms with Crippen molar-refractivity contribution in [2.24, 2.45) is 4.99 Å². The van der Waals surface area contributed by atoms with E-state index in [1.807, 2.05) is 11.5 Å². The van der Waals surface area contributed by atoms with Crippen molar-refractivity contribution in [3.63, 3.8) is 0 Å². The molecule has 1 unspecified atom stereocenters. The van der Waals surface area contributed by atoms with Crippen LogP contribution in [0, 0.1) is 0 Å². The Balaban J connectivity index is 1.61. The van der Waals surface area contributed by atoms with Gasteiger partial charge in [-0.05, 0) is 31.8 Å². The first-order valence-electron chi connectivity index (χ1n) is 14.5. The van der Waals surface area contributed by atoms with Crippen LogP contribution in [-0.4, -0.2) is 75.1 Å². The van der Waals surface area contributed by atoms with Gasteiger partial charge in [0.2, 0.25) is 11.8 Å². The molecule has 2 aliphatic rings. The van der Waals surface area contributed by atoms with E-state index in [4.69, 9.17) is 4.74 Å². The topological polar surface area (TPSA) is 118 Å². The number of nitrogens with zero attached hydrogens (tertiary/aromatic N) is 3. The molecule has 1 aromatic rings. The van der Waals surface area contributed by atoms with Crippen molar-refractivity contribution in [3.8, 4) is 0 Å². The van der Waals surface area contributed by atoms with E-state index in [9.17, 15) is 19.2 Å². The molecular weight excluding hydrogens is 581 g/mol. The van der Waals surface area contributed by atoms with Gasteiger partial charge in [0, 0.05) is 43.3 Å². The minimum Gasteiger partial charge on any atom is -0.456 e. The number of carbonyl (C=O) groups excluding carboxylic acids is 4. The number of rotatable bonds is 10. The van der Waals surface area contributed by atoms with Crippen molar-refractivity contribution in [1.82, 2.24) is 15.2 Å². The predicted octanol–water partition coefficient (Wildman–Crippen LogP) is 5.13. The van der Waals surface area contributed by atoms with E-state index >= 15 is 0 Å². The number of hydrogen-bond donors (Lipinski definition) is 1. The molecule has 226 valence electrons. The number of unbranched alkanes of at least 4 members (excludes halogenated alkanes) is 4. The van der Waals surface area contributed by atoms with Crippen LogP contribution < -0.4 is 5.32 Å². The number of ether oxygens (including phenoxy) is 1. The van der Waals surface area contributed by atoms with Crippen molar-refractivity contribution < 1.29 is 23.9 Å². The quantitative estimate of drug-likeness (QED) is 0.217. The third-order valence-electron chi connectivity index (χ3n) is 6.85. The van der Waals surface area contributed by atoms with Crippen LogP contribution in [-0.2, 0) is 30.5 Å². The Morgan fingerprint density at radius 2 is 2.10 bits per heavy atom. The number of aromatic nitrogens is 1. The molecule has 2 amide bonds. The van der Waals surface area contributed by atoms with E-state index in [1.54, 1.807) is 18.0 Å². The SMILES string of the molecule is CCCCCCCC(=O)SCC/C=C/C1CC(=O)NCc2nc(cs2)/C(=N/C)SCCC(=O)N2CCC[C@H]2C(=O)O1. The number of nitrogens with one attached hydrogen (secondary N) is 1. The van der Waals surface area contributed by atoms with Gasteiger partial charge in [0.05, 0.1) is 13.0 Å². The second-order valence-corrected chi connectivity index (χ2v) is 13.2. The Morgan fingerprint density at radius 1 is 1.27 bits per heavy atom. The molecule has 0 saturated carbocycles. The summed E-state index contributed by atoms with van der Waals surface area (Å²) in [4.78, 5) is 61.6. The summed E-state index contributed by atoms with van der Waals surface area (Å²) < 4.78 is 5.79. The molecule has 2 aliphatic heterocycles. The molecule has 0 spiro atoms. The molecule has 0 aliphatic carbocycles. The lowest BCUT2D eigenvalue weighted by molar-refractivity contribution is -0.156. The summed E-state index contributed by atoms with van der Waals surface area (Å²) in [6.45, 7) is 2.95. The van der Waals surface area contributed by atoms with Crippen LogP contribution in [0.3, 0.4) is 0 Å². The molecule has 9 nitrogen and oxygen atoms in total. The van der Waals surface area contributed by atoms with Gasteiger partial charge in [-0.2, -0.15) is 0 Å². The fourth-order valence-corrected chi connectivity index (χ4v) is 7.09. The number of thiazole rings is 1. The third-order valence-corrected chi connectivity index (χ3v) is 9.74. The second-order valence-electron chi connectivity index (χ2n) is 10.1. The minimum absolute atomic E-state index is 0.0392.